The molecule has 4 rings (SSSR count). The lowest BCUT2D eigenvalue weighted by atomic mass is 9.96. The average Bonchev–Trinajstić information content (AvgIpc) is 3.51. The first-order valence-electron chi connectivity index (χ1n) is 11.3. The highest BCUT2D eigenvalue weighted by Crippen LogP contribution is 2.36. The number of anilines is 1. The van der Waals surface area contributed by atoms with Crippen LogP contribution in [-0.2, 0) is 16.3 Å². The van der Waals surface area contributed by atoms with Crippen LogP contribution in [0.2, 0.25) is 0 Å². The van der Waals surface area contributed by atoms with E-state index >= 15 is 0 Å². The monoisotopic (exact) mass is 436 g/mol. The Bertz CT molecular complexity index is 1050. The lowest BCUT2D eigenvalue weighted by Crippen LogP contribution is -2.29. The molecule has 0 radical (unpaired) electrons. The molecule has 0 N–H and O–H groups in total. The first-order chi connectivity index (χ1) is 15.3. The topological polar surface area (TPSA) is 88.4 Å². The molecule has 1 fully saturated rings. The van der Waals surface area contributed by atoms with Crippen molar-refractivity contribution in [3.8, 4) is 6.07 Å². The third kappa shape index (κ3) is 4.29. The minimum Gasteiger partial charge on any atom is -0.443 e. The van der Waals surface area contributed by atoms with Crippen LogP contribution in [0.3, 0.4) is 0 Å². The molecule has 8 heteroatoms. The number of nitriles is 1. The Morgan fingerprint density at radius 2 is 2.09 bits per heavy atom. The largest absolute Gasteiger partial charge is 0.443 e. The van der Waals surface area contributed by atoms with Crippen molar-refractivity contribution in [3.05, 3.63) is 35.8 Å². The summed E-state index contributed by atoms with van der Waals surface area (Å²) in [4.78, 5) is 19.1. The summed E-state index contributed by atoms with van der Waals surface area (Å²) in [5.41, 5.74) is 2.28. The minimum absolute atomic E-state index is 0.115. The zero-order valence-corrected chi connectivity index (χ0v) is 19.4. The van der Waals surface area contributed by atoms with Crippen LogP contribution in [0.25, 0.3) is 0 Å². The van der Waals surface area contributed by atoms with Crippen LogP contribution < -0.4 is 4.90 Å². The third-order valence-corrected chi connectivity index (χ3v) is 6.40. The molecule has 2 aromatic heterocycles. The highest BCUT2D eigenvalue weighted by Gasteiger charge is 2.29. The van der Waals surface area contributed by atoms with E-state index in [1.165, 1.54) is 12.8 Å². The lowest BCUT2D eigenvalue weighted by Gasteiger charge is -2.26. The number of esters is 1. The predicted molar refractivity (Wildman–Crippen MR) is 122 cm³/mol. The van der Waals surface area contributed by atoms with Crippen molar-refractivity contribution in [3.63, 3.8) is 0 Å². The Kier molecular flexibility index (Phi) is 6.09. The number of aliphatic imine (C=N–C) groups is 1. The van der Waals surface area contributed by atoms with Gasteiger partial charge < -0.3 is 14.2 Å². The molecule has 0 aromatic carbocycles. The molecular weight excluding hydrogens is 404 g/mol. The zero-order chi connectivity index (χ0) is 22.9. The molecule has 1 atom stereocenters. The number of aromatic nitrogens is 3. The highest BCUT2D eigenvalue weighted by atomic mass is 16.5. The van der Waals surface area contributed by atoms with Crippen LogP contribution in [0.1, 0.15) is 70.0 Å². The normalized spacial score (nSPS) is 17.6. The molecule has 0 amide bonds. The fourth-order valence-corrected chi connectivity index (χ4v) is 4.65. The number of rotatable bonds is 6. The number of hydrogen-bond donors (Lipinski definition) is 0. The van der Waals surface area contributed by atoms with Gasteiger partial charge in [0.15, 0.2) is 6.73 Å². The number of ether oxygens (including phenoxy) is 1. The van der Waals surface area contributed by atoms with E-state index in [1.807, 2.05) is 66.6 Å². The van der Waals surface area contributed by atoms with E-state index < -0.39 is 5.41 Å². The highest BCUT2D eigenvalue weighted by molar-refractivity contribution is 6.16. The zero-order valence-electron chi connectivity index (χ0n) is 19.4. The molecule has 1 aliphatic carbocycles. The van der Waals surface area contributed by atoms with Crippen molar-refractivity contribution in [2.45, 2.75) is 65.6 Å². The Hall–Kier alpha value is -3.08. The van der Waals surface area contributed by atoms with Crippen molar-refractivity contribution in [1.29, 1.82) is 5.26 Å². The molecule has 2 aliphatic rings. The van der Waals surface area contributed by atoms with Gasteiger partial charge in [-0.25, -0.2) is 0 Å². The van der Waals surface area contributed by atoms with Gasteiger partial charge in [-0.2, -0.15) is 10.4 Å². The van der Waals surface area contributed by atoms with Crippen LogP contribution in [0.4, 0.5) is 5.82 Å². The number of nitrogens with zero attached hydrogens (tertiary/aromatic N) is 6. The number of carbonyl (C=O) groups is 1. The molecule has 0 spiro atoms. The summed E-state index contributed by atoms with van der Waals surface area (Å²) in [6.45, 7) is 6.21. The molecule has 3 heterocycles. The second-order valence-electron chi connectivity index (χ2n) is 9.86. The van der Waals surface area contributed by atoms with Gasteiger partial charge in [0.25, 0.3) is 0 Å². The van der Waals surface area contributed by atoms with Gasteiger partial charge in [0.1, 0.15) is 12.5 Å². The van der Waals surface area contributed by atoms with Gasteiger partial charge in [-0.3, -0.25) is 14.5 Å². The van der Waals surface area contributed by atoms with Crippen LogP contribution >= 0.6 is 0 Å². The van der Waals surface area contributed by atoms with Crippen LogP contribution in [0.15, 0.2) is 29.6 Å². The van der Waals surface area contributed by atoms with Crippen molar-refractivity contribution in [1.82, 2.24) is 14.3 Å². The quantitative estimate of drug-likeness (QED) is 0.636. The molecular formula is C24H32N6O2. The van der Waals surface area contributed by atoms with Crippen LogP contribution in [-0.4, -0.2) is 39.7 Å². The summed E-state index contributed by atoms with van der Waals surface area (Å²) >= 11 is 0. The molecule has 32 heavy (non-hydrogen) atoms. The predicted octanol–water partition coefficient (Wildman–Crippen LogP) is 4.12. The van der Waals surface area contributed by atoms with Gasteiger partial charge in [-0.15, -0.1) is 0 Å². The summed E-state index contributed by atoms with van der Waals surface area (Å²) in [7, 11) is 1.98. The second-order valence-corrected chi connectivity index (χ2v) is 9.86. The second kappa shape index (κ2) is 8.81. The Morgan fingerprint density at radius 3 is 2.78 bits per heavy atom. The van der Waals surface area contributed by atoms with Gasteiger partial charge in [-0.05, 0) is 45.6 Å². The van der Waals surface area contributed by atoms with Crippen molar-refractivity contribution >= 4 is 17.5 Å². The average molecular weight is 437 g/mol. The van der Waals surface area contributed by atoms with Gasteiger partial charge in [0.05, 0.1) is 35.9 Å². The van der Waals surface area contributed by atoms with E-state index in [4.69, 9.17) is 9.73 Å². The first kappa shape index (κ1) is 22.1. The summed E-state index contributed by atoms with van der Waals surface area (Å²) in [6.07, 6.45) is 11.1. The molecule has 1 unspecified atom stereocenters. The molecule has 1 aliphatic heterocycles. The maximum absolute atomic E-state index is 12.2. The molecule has 0 bridgehead atoms. The third-order valence-electron chi connectivity index (χ3n) is 6.40. The number of fused-ring (bicyclic) bond motifs is 1. The maximum Gasteiger partial charge on any atom is 0.312 e. The van der Waals surface area contributed by atoms with Crippen molar-refractivity contribution in [2.24, 2.45) is 16.3 Å². The number of carbonyl (C=O) groups excluding carboxylic acids is 1. The SMILES string of the molecule is CN1CN=C(c2cnn(C(CC#N)C3CCCC3)c2)c2ccn(COC(=O)C(C)(C)C)c21. The van der Waals surface area contributed by atoms with E-state index in [1.54, 1.807) is 0 Å². The molecule has 8 nitrogen and oxygen atoms in total. The van der Waals surface area contributed by atoms with Gasteiger partial charge >= 0.3 is 5.97 Å². The maximum atomic E-state index is 12.2. The van der Waals surface area contributed by atoms with Gasteiger partial charge in [0.2, 0.25) is 0 Å². The van der Waals surface area contributed by atoms with E-state index in [0.29, 0.717) is 19.0 Å². The standard InChI is InChI=1S/C24H32N6O2/c1-24(2,3)23(31)32-16-29-12-10-19-21(26-15-28(4)22(19)29)18-13-27-30(14-18)20(9-11-25)17-7-5-6-8-17/h10,12-14,17,20H,5-9,15-16H2,1-4H3. The molecule has 1 saturated carbocycles. The smallest absolute Gasteiger partial charge is 0.312 e. The summed E-state index contributed by atoms with van der Waals surface area (Å²) in [6, 6.07) is 4.47. The minimum atomic E-state index is -0.542. The molecule has 2 aromatic rings. The van der Waals surface area contributed by atoms with Gasteiger partial charge in [-0.1, -0.05) is 12.8 Å². The fraction of sp³-hybridized carbons (Fsp3) is 0.583. The van der Waals surface area contributed by atoms with E-state index in [-0.39, 0.29) is 18.7 Å². The summed E-state index contributed by atoms with van der Waals surface area (Å²) in [5, 5.41) is 14.0. The Morgan fingerprint density at radius 1 is 1.34 bits per heavy atom. The van der Waals surface area contributed by atoms with Crippen molar-refractivity contribution < 1.29 is 9.53 Å². The summed E-state index contributed by atoms with van der Waals surface area (Å²) in [5.74, 6) is 1.24. The van der Waals surface area contributed by atoms with Crippen molar-refractivity contribution in [2.75, 3.05) is 18.6 Å². The number of hydrogen-bond acceptors (Lipinski definition) is 6. The van der Waals surface area contributed by atoms with E-state index in [9.17, 15) is 10.1 Å². The Labute approximate surface area is 189 Å². The van der Waals surface area contributed by atoms with Crippen LogP contribution in [0, 0.1) is 22.7 Å². The van der Waals surface area contributed by atoms with E-state index in [2.05, 4.69) is 11.2 Å². The molecule has 0 saturated heterocycles. The fourth-order valence-electron chi connectivity index (χ4n) is 4.65. The first-order valence-corrected chi connectivity index (χ1v) is 11.3. The Balaban J connectivity index is 1.57. The van der Waals surface area contributed by atoms with E-state index in [0.717, 1.165) is 35.5 Å². The van der Waals surface area contributed by atoms with Crippen LogP contribution in [0.5, 0.6) is 0 Å². The summed E-state index contributed by atoms with van der Waals surface area (Å²) < 4.78 is 9.45. The van der Waals surface area contributed by atoms with Gasteiger partial charge in [0, 0.05) is 30.6 Å². The lowest BCUT2D eigenvalue weighted by molar-refractivity contribution is -0.156. The molecule has 170 valence electrons.